The van der Waals surface area contributed by atoms with Gasteiger partial charge in [-0.1, -0.05) is 48.5 Å². The highest BCUT2D eigenvalue weighted by molar-refractivity contribution is 6.10. The van der Waals surface area contributed by atoms with Gasteiger partial charge in [0.15, 0.2) is 0 Å². The van der Waals surface area contributed by atoms with Crippen LogP contribution in [0.5, 0.6) is 5.75 Å². The molecular formula is C32H23N3O4. The zero-order chi connectivity index (χ0) is 26.8. The number of fused-ring (bicyclic) bond motifs is 4. The number of hydrogen-bond donors (Lipinski definition) is 3. The first-order valence-corrected chi connectivity index (χ1v) is 12.4. The first-order valence-electron chi connectivity index (χ1n) is 12.4. The standard InChI is InChI=1S/C32H23N3O4/c36-31(35-28-9-3-5-21-6-4-16-33-30(21)28)23(17-20-10-12-22(13-11-20)32(37)38)19-39-24-14-15-26-25-7-1-2-8-27(25)34-29(26)18-24/h1-18,34H,19H2,(H,35,36)(H,37,38). The Hall–Kier alpha value is -5.43. The third kappa shape index (κ3) is 4.93. The summed E-state index contributed by atoms with van der Waals surface area (Å²) in [6.07, 6.45) is 3.38. The molecule has 0 atom stereocenters. The minimum absolute atomic E-state index is 0.00353. The Morgan fingerprint density at radius 3 is 2.51 bits per heavy atom. The molecule has 39 heavy (non-hydrogen) atoms. The number of benzene rings is 4. The molecule has 0 saturated heterocycles. The number of aromatic nitrogens is 2. The van der Waals surface area contributed by atoms with Gasteiger partial charge in [0.25, 0.3) is 5.91 Å². The molecule has 0 fully saturated rings. The van der Waals surface area contributed by atoms with Gasteiger partial charge in [0.2, 0.25) is 0 Å². The lowest BCUT2D eigenvalue weighted by molar-refractivity contribution is -0.113. The Labute approximate surface area is 223 Å². The van der Waals surface area contributed by atoms with Gasteiger partial charge in [0.1, 0.15) is 12.4 Å². The quantitative estimate of drug-likeness (QED) is 0.207. The van der Waals surface area contributed by atoms with Crippen LogP contribution in [0.3, 0.4) is 0 Å². The normalized spacial score (nSPS) is 11.6. The van der Waals surface area contributed by atoms with Gasteiger partial charge in [-0.25, -0.2) is 4.79 Å². The van der Waals surface area contributed by atoms with E-state index in [2.05, 4.69) is 21.4 Å². The highest BCUT2D eigenvalue weighted by Gasteiger charge is 2.15. The van der Waals surface area contributed by atoms with Gasteiger partial charge in [-0.2, -0.15) is 0 Å². The van der Waals surface area contributed by atoms with Crippen molar-refractivity contribution in [2.45, 2.75) is 0 Å². The van der Waals surface area contributed by atoms with Crippen molar-refractivity contribution in [3.63, 3.8) is 0 Å². The van der Waals surface area contributed by atoms with E-state index in [1.165, 1.54) is 12.1 Å². The number of aromatic carboxylic acids is 1. The maximum absolute atomic E-state index is 13.5. The number of carboxylic acids is 1. The van der Waals surface area contributed by atoms with Crippen LogP contribution in [0.1, 0.15) is 15.9 Å². The van der Waals surface area contributed by atoms with Crippen molar-refractivity contribution in [1.29, 1.82) is 0 Å². The Morgan fingerprint density at radius 1 is 0.872 bits per heavy atom. The Bertz CT molecular complexity index is 1880. The van der Waals surface area contributed by atoms with Crippen molar-refractivity contribution < 1.29 is 19.4 Å². The zero-order valence-electron chi connectivity index (χ0n) is 20.7. The summed E-state index contributed by atoms with van der Waals surface area (Å²) in [7, 11) is 0. The van der Waals surface area contributed by atoms with Crippen LogP contribution in [0, 0.1) is 0 Å². The average molecular weight is 514 g/mol. The number of rotatable bonds is 7. The fourth-order valence-corrected chi connectivity index (χ4v) is 4.59. The second-order valence-corrected chi connectivity index (χ2v) is 9.10. The van der Waals surface area contributed by atoms with Gasteiger partial charge >= 0.3 is 5.97 Å². The summed E-state index contributed by atoms with van der Waals surface area (Å²) in [5.41, 5.74) is 4.46. The number of para-hydroxylation sites is 2. The van der Waals surface area contributed by atoms with Gasteiger partial charge in [-0.3, -0.25) is 9.78 Å². The lowest BCUT2D eigenvalue weighted by atomic mass is 10.1. The third-order valence-corrected chi connectivity index (χ3v) is 6.54. The Morgan fingerprint density at radius 2 is 1.67 bits per heavy atom. The van der Waals surface area contributed by atoms with Crippen LogP contribution in [0.2, 0.25) is 0 Å². The minimum atomic E-state index is -1.01. The van der Waals surface area contributed by atoms with E-state index in [0.29, 0.717) is 28.1 Å². The van der Waals surface area contributed by atoms with Gasteiger partial charge < -0.3 is 20.1 Å². The average Bonchev–Trinajstić information content (AvgIpc) is 3.33. The summed E-state index contributed by atoms with van der Waals surface area (Å²) in [6.45, 7) is -0.00353. The molecule has 0 bridgehead atoms. The molecule has 0 spiro atoms. The van der Waals surface area contributed by atoms with Crippen LogP contribution >= 0.6 is 0 Å². The Kier molecular flexibility index (Phi) is 6.23. The van der Waals surface area contributed by atoms with E-state index in [1.807, 2.05) is 60.7 Å². The number of amides is 1. The molecule has 0 radical (unpaired) electrons. The van der Waals surface area contributed by atoms with E-state index in [4.69, 9.17) is 4.74 Å². The summed E-state index contributed by atoms with van der Waals surface area (Å²) >= 11 is 0. The van der Waals surface area contributed by atoms with E-state index >= 15 is 0 Å². The van der Waals surface area contributed by atoms with Crippen LogP contribution in [-0.4, -0.2) is 33.6 Å². The molecule has 0 aliphatic heterocycles. The van der Waals surface area contributed by atoms with Crippen molar-refractivity contribution in [3.05, 3.63) is 120 Å². The maximum atomic E-state index is 13.5. The number of ether oxygens (including phenoxy) is 1. The van der Waals surface area contributed by atoms with Gasteiger partial charge in [0, 0.05) is 33.9 Å². The summed E-state index contributed by atoms with van der Waals surface area (Å²) in [4.78, 5) is 32.6. The van der Waals surface area contributed by atoms with Crippen molar-refractivity contribution >= 4 is 56.3 Å². The third-order valence-electron chi connectivity index (χ3n) is 6.54. The second-order valence-electron chi connectivity index (χ2n) is 9.10. The van der Waals surface area contributed by atoms with Crippen molar-refractivity contribution in [2.24, 2.45) is 0 Å². The topological polar surface area (TPSA) is 104 Å². The molecule has 0 unspecified atom stereocenters. The van der Waals surface area contributed by atoms with Crippen LogP contribution in [0.4, 0.5) is 5.69 Å². The number of hydrogen-bond acceptors (Lipinski definition) is 4. The minimum Gasteiger partial charge on any atom is -0.489 e. The van der Waals surface area contributed by atoms with E-state index < -0.39 is 5.97 Å². The van der Waals surface area contributed by atoms with Crippen LogP contribution < -0.4 is 10.1 Å². The summed E-state index contributed by atoms with van der Waals surface area (Å²) in [6, 6.07) is 29.6. The number of nitrogens with zero attached hydrogens (tertiary/aromatic N) is 1. The first kappa shape index (κ1) is 23.9. The molecule has 0 aliphatic carbocycles. The predicted octanol–water partition coefficient (Wildman–Crippen LogP) is 6.67. The van der Waals surface area contributed by atoms with Crippen LogP contribution in [-0.2, 0) is 4.79 Å². The summed E-state index contributed by atoms with van der Waals surface area (Å²) in [5.74, 6) is -0.745. The summed E-state index contributed by atoms with van der Waals surface area (Å²) < 4.78 is 6.09. The van der Waals surface area contributed by atoms with Crippen molar-refractivity contribution in [2.75, 3.05) is 11.9 Å². The number of carbonyl (C=O) groups excluding carboxylic acids is 1. The first-order chi connectivity index (χ1) is 19.0. The number of H-pyrrole nitrogens is 1. The molecule has 2 heterocycles. The number of nitrogens with one attached hydrogen (secondary N) is 2. The number of carboxylic acid groups (broad SMARTS) is 1. The Balaban J connectivity index is 1.30. The molecule has 7 nitrogen and oxygen atoms in total. The number of anilines is 1. The smallest absolute Gasteiger partial charge is 0.335 e. The molecule has 2 aromatic heterocycles. The fourth-order valence-electron chi connectivity index (χ4n) is 4.59. The van der Waals surface area contributed by atoms with Crippen molar-refractivity contribution in [3.8, 4) is 5.75 Å². The molecule has 0 aliphatic rings. The van der Waals surface area contributed by atoms with Gasteiger partial charge in [0.05, 0.1) is 27.9 Å². The zero-order valence-corrected chi connectivity index (χ0v) is 20.7. The molecule has 6 rings (SSSR count). The molecule has 6 aromatic rings. The predicted molar refractivity (Wildman–Crippen MR) is 153 cm³/mol. The maximum Gasteiger partial charge on any atom is 0.335 e. The molecule has 190 valence electrons. The summed E-state index contributed by atoms with van der Waals surface area (Å²) in [5, 5.41) is 15.3. The number of aromatic amines is 1. The number of pyridine rings is 1. The van der Waals surface area contributed by atoms with Gasteiger partial charge in [-0.15, -0.1) is 0 Å². The monoisotopic (exact) mass is 513 g/mol. The van der Waals surface area contributed by atoms with E-state index in [-0.39, 0.29) is 18.1 Å². The lowest BCUT2D eigenvalue weighted by Crippen LogP contribution is -2.19. The van der Waals surface area contributed by atoms with E-state index in [0.717, 1.165) is 27.2 Å². The van der Waals surface area contributed by atoms with Gasteiger partial charge in [-0.05, 0) is 54.1 Å². The molecule has 3 N–H and O–H groups in total. The van der Waals surface area contributed by atoms with E-state index in [9.17, 15) is 14.7 Å². The molecule has 4 aromatic carbocycles. The fraction of sp³-hybridized carbons (Fsp3) is 0.0312. The highest BCUT2D eigenvalue weighted by Crippen LogP contribution is 2.29. The van der Waals surface area contributed by atoms with Crippen molar-refractivity contribution in [1.82, 2.24) is 9.97 Å². The largest absolute Gasteiger partial charge is 0.489 e. The molecular weight excluding hydrogens is 490 g/mol. The second kappa shape index (κ2) is 10.1. The highest BCUT2D eigenvalue weighted by atomic mass is 16.5. The SMILES string of the molecule is O=C(Nc1cccc2cccnc12)C(=Cc1ccc(C(=O)O)cc1)COc1ccc2c(c1)[nH]c1ccccc12. The number of carbonyl (C=O) groups is 2. The van der Waals surface area contributed by atoms with E-state index in [1.54, 1.807) is 30.5 Å². The molecule has 7 heteroatoms. The van der Waals surface area contributed by atoms with Crippen LogP contribution in [0.25, 0.3) is 38.8 Å². The van der Waals surface area contributed by atoms with Crippen LogP contribution in [0.15, 0.2) is 109 Å². The molecule has 1 amide bonds. The lowest BCUT2D eigenvalue weighted by Gasteiger charge is -2.13. The molecule has 0 saturated carbocycles.